The van der Waals surface area contributed by atoms with Gasteiger partial charge in [-0.2, -0.15) is 5.10 Å². The highest BCUT2D eigenvalue weighted by Gasteiger charge is 2.32. The number of carbonyl (C=O) groups is 1. The molecule has 0 N–H and O–H groups in total. The molecular formula is C14H14Cl2N4O. The lowest BCUT2D eigenvalue weighted by Crippen LogP contribution is -2.28. The molecule has 21 heavy (non-hydrogen) atoms. The summed E-state index contributed by atoms with van der Waals surface area (Å²) >= 11 is 11.5. The maximum Gasteiger partial charge on any atom is 0.316 e. The lowest BCUT2D eigenvalue weighted by atomic mass is 10.2. The largest absolute Gasteiger partial charge is 0.319 e. The number of halogens is 2. The molecule has 0 aliphatic carbocycles. The van der Waals surface area contributed by atoms with Gasteiger partial charge in [0, 0.05) is 11.6 Å². The fraction of sp³-hybridized carbons (Fsp3) is 0.357. The molecule has 1 aromatic heterocycles. The Kier molecular flexibility index (Phi) is 4.12. The summed E-state index contributed by atoms with van der Waals surface area (Å²) in [5.41, 5.74) is 1.08. The van der Waals surface area contributed by atoms with Crippen LogP contribution >= 0.6 is 23.2 Å². The third kappa shape index (κ3) is 3.04. The van der Waals surface area contributed by atoms with Crippen LogP contribution in [0.25, 0.3) is 0 Å². The molecule has 0 saturated carbocycles. The van der Waals surface area contributed by atoms with E-state index in [0.29, 0.717) is 18.1 Å². The van der Waals surface area contributed by atoms with Gasteiger partial charge < -0.3 is 4.90 Å². The first-order chi connectivity index (χ1) is 10.1. The van der Waals surface area contributed by atoms with E-state index >= 15 is 0 Å². The van der Waals surface area contributed by atoms with Crippen molar-refractivity contribution in [2.45, 2.75) is 25.4 Å². The van der Waals surface area contributed by atoms with Crippen molar-refractivity contribution in [3.05, 3.63) is 47.0 Å². The first-order valence-electron chi connectivity index (χ1n) is 6.73. The van der Waals surface area contributed by atoms with Crippen molar-refractivity contribution >= 4 is 28.6 Å². The molecule has 1 aliphatic heterocycles. The summed E-state index contributed by atoms with van der Waals surface area (Å²) in [7, 11) is 0. The van der Waals surface area contributed by atoms with E-state index in [1.807, 2.05) is 28.9 Å². The van der Waals surface area contributed by atoms with Crippen LogP contribution in [-0.4, -0.2) is 31.6 Å². The first-order valence-corrected chi connectivity index (χ1v) is 7.49. The molecule has 3 rings (SSSR count). The van der Waals surface area contributed by atoms with Gasteiger partial charge in [-0.15, -0.1) is 0 Å². The fourth-order valence-corrected chi connectivity index (χ4v) is 2.99. The van der Waals surface area contributed by atoms with Gasteiger partial charge in [-0.25, -0.2) is 9.67 Å². The molecule has 1 atom stereocenters. The fourth-order valence-electron chi connectivity index (χ4n) is 2.66. The molecule has 0 bridgehead atoms. The topological polar surface area (TPSA) is 51.0 Å². The third-order valence-electron chi connectivity index (χ3n) is 3.67. The summed E-state index contributed by atoms with van der Waals surface area (Å²) in [6, 6.07) is 7.50. The number of benzene rings is 1. The Morgan fingerprint density at radius 3 is 2.81 bits per heavy atom. The van der Waals surface area contributed by atoms with Crippen LogP contribution in [0, 0.1) is 0 Å². The van der Waals surface area contributed by atoms with Crippen LogP contribution < -0.4 is 0 Å². The van der Waals surface area contributed by atoms with Gasteiger partial charge in [0.05, 0.1) is 12.6 Å². The maximum atomic E-state index is 11.5. The minimum Gasteiger partial charge on any atom is -0.319 e. The highest BCUT2D eigenvalue weighted by atomic mass is 35.5. The van der Waals surface area contributed by atoms with Crippen LogP contribution in [0.2, 0.25) is 5.02 Å². The van der Waals surface area contributed by atoms with Crippen molar-refractivity contribution in [3.8, 4) is 0 Å². The van der Waals surface area contributed by atoms with Gasteiger partial charge in [-0.05, 0) is 42.1 Å². The van der Waals surface area contributed by atoms with Crippen molar-refractivity contribution < 1.29 is 4.79 Å². The zero-order chi connectivity index (χ0) is 14.8. The van der Waals surface area contributed by atoms with Crippen molar-refractivity contribution in [1.82, 2.24) is 19.7 Å². The van der Waals surface area contributed by atoms with E-state index in [1.54, 1.807) is 4.90 Å². The van der Waals surface area contributed by atoms with Gasteiger partial charge >= 0.3 is 5.37 Å². The maximum absolute atomic E-state index is 11.5. The van der Waals surface area contributed by atoms with Crippen LogP contribution in [0.15, 0.2) is 30.6 Å². The highest BCUT2D eigenvalue weighted by molar-refractivity contribution is 6.62. The second-order valence-corrected chi connectivity index (χ2v) is 5.77. The molecule has 0 radical (unpaired) electrons. The van der Waals surface area contributed by atoms with E-state index in [1.165, 1.54) is 6.33 Å². The van der Waals surface area contributed by atoms with Crippen molar-refractivity contribution in [2.75, 3.05) is 6.54 Å². The lowest BCUT2D eigenvalue weighted by Gasteiger charge is -2.21. The number of amides is 1. The Morgan fingerprint density at radius 1 is 1.33 bits per heavy atom. The van der Waals surface area contributed by atoms with Crippen LogP contribution in [-0.2, 0) is 6.54 Å². The number of hydrogen-bond donors (Lipinski definition) is 0. The van der Waals surface area contributed by atoms with Crippen LogP contribution in [0.1, 0.15) is 30.3 Å². The quantitative estimate of drug-likeness (QED) is 0.641. The highest BCUT2D eigenvalue weighted by Crippen LogP contribution is 2.31. The molecule has 1 unspecified atom stereocenters. The average Bonchev–Trinajstić information content (AvgIpc) is 3.09. The third-order valence-corrected chi connectivity index (χ3v) is 4.14. The minimum absolute atomic E-state index is 0.0928. The zero-order valence-electron chi connectivity index (χ0n) is 11.2. The zero-order valence-corrected chi connectivity index (χ0v) is 12.8. The van der Waals surface area contributed by atoms with Gasteiger partial charge in [-0.3, -0.25) is 4.79 Å². The minimum atomic E-state index is -0.432. The van der Waals surface area contributed by atoms with Gasteiger partial charge in [0.25, 0.3) is 0 Å². The summed E-state index contributed by atoms with van der Waals surface area (Å²) in [6.07, 6.45) is 3.30. The predicted molar refractivity (Wildman–Crippen MR) is 80.5 cm³/mol. The standard InChI is InChI=1S/C14H14Cl2N4O/c15-11-5-3-10(4-6-11)8-20-13(17-9-18-20)12-2-1-7-19(12)14(16)21/h3-6,9,12H,1-2,7-8H2. The number of carbonyl (C=O) groups excluding carboxylic acids is 1. The molecule has 1 aliphatic rings. The molecule has 2 aromatic rings. The van der Waals surface area contributed by atoms with E-state index < -0.39 is 5.37 Å². The number of nitrogens with zero attached hydrogens (tertiary/aromatic N) is 4. The van der Waals surface area contributed by atoms with E-state index in [9.17, 15) is 4.79 Å². The normalized spacial score (nSPS) is 18.2. The van der Waals surface area contributed by atoms with Gasteiger partial charge in [0.15, 0.2) is 0 Å². The Bertz CT molecular complexity index is 641. The smallest absolute Gasteiger partial charge is 0.316 e. The van der Waals surface area contributed by atoms with Crippen LogP contribution in [0.3, 0.4) is 0 Å². The predicted octanol–water partition coefficient (Wildman–Crippen LogP) is 3.48. The number of hydrogen-bond acceptors (Lipinski definition) is 3. The molecule has 1 fully saturated rings. The lowest BCUT2D eigenvalue weighted by molar-refractivity contribution is 0.213. The van der Waals surface area contributed by atoms with Crippen molar-refractivity contribution in [1.29, 1.82) is 0 Å². The van der Waals surface area contributed by atoms with Gasteiger partial charge in [-0.1, -0.05) is 23.7 Å². The average molecular weight is 325 g/mol. The monoisotopic (exact) mass is 324 g/mol. The van der Waals surface area contributed by atoms with Crippen LogP contribution in [0.4, 0.5) is 4.79 Å². The first kappa shape index (κ1) is 14.4. The molecular weight excluding hydrogens is 311 g/mol. The molecule has 5 nitrogen and oxygen atoms in total. The molecule has 1 aromatic carbocycles. The molecule has 1 saturated heterocycles. The Hall–Kier alpha value is -1.59. The molecule has 110 valence electrons. The Balaban J connectivity index is 1.83. The van der Waals surface area contributed by atoms with E-state index in [2.05, 4.69) is 10.1 Å². The van der Waals surface area contributed by atoms with Gasteiger partial charge in [0.1, 0.15) is 12.2 Å². The van der Waals surface area contributed by atoms with Crippen molar-refractivity contribution in [2.24, 2.45) is 0 Å². The summed E-state index contributed by atoms with van der Waals surface area (Å²) in [6.45, 7) is 1.26. The Morgan fingerprint density at radius 2 is 2.10 bits per heavy atom. The second-order valence-electron chi connectivity index (χ2n) is 5.01. The van der Waals surface area contributed by atoms with Gasteiger partial charge in [0.2, 0.25) is 0 Å². The molecule has 1 amide bonds. The summed E-state index contributed by atoms with van der Waals surface area (Å²) in [5, 5.41) is 4.53. The number of rotatable bonds is 3. The number of likely N-dealkylation sites (tertiary alicyclic amines) is 1. The van der Waals surface area contributed by atoms with E-state index in [4.69, 9.17) is 23.2 Å². The molecule has 2 heterocycles. The van der Waals surface area contributed by atoms with E-state index in [0.717, 1.165) is 24.2 Å². The van der Waals surface area contributed by atoms with E-state index in [-0.39, 0.29) is 6.04 Å². The second kappa shape index (κ2) is 6.03. The van der Waals surface area contributed by atoms with Crippen LogP contribution in [0.5, 0.6) is 0 Å². The SMILES string of the molecule is O=C(Cl)N1CCCC1c1ncnn1Cc1ccc(Cl)cc1. The Labute approximate surface area is 132 Å². The van der Waals surface area contributed by atoms with Crippen molar-refractivity contribution in [3.63, 3.8) is 0 Å². The summed E-state index contributed by atoms with van der Waals surface area (Å²) in [4.78, 5) is 17.4. The summed E-state index contributed by atoms with van der Waals surface area (Å²) in [5.74, 6) is 0.774. The molecule has 7 heteroatoms. The summed E-state index contributed by atoms with van der Waals surface area (Å²) < 4.78 is 1.81. The number of aromatic nitrogens is 3. The molecule has 0 spiro atoms.